The number of hydrogen-bond donors (Lipinski definition) is 1. The summed E-state index contributed by atoms with van der Waals surface area (Å²) in [5.41, 5.74) is 0.502. The number of anilines is 1. The van der Waals surface area contributed by atoms with Gasteiger partial charge >= 0.3 is 0 Å². The second-order valence-electron chi connectivity index (χ2n) is 6.71. The molecule has 1 aromatic heterocycles. The summed E-state index contributed by atoms with van der Waals surface area (Å²) in [6.07, 6.45) is 2.36. The van der Waals surface area contributed by atoms with Crippen LogP contribution < -0.4 is 5.32 Å². The lowest BCUT2D eigenvalue weighted by atomic mass is 10.0. The van der Waals surface area contributed by atoms with Crippen molar-refractivity contribution in [1.29, 1.82) is 0 Å². The Morgan fingerprint density at radius 2 is 2.00 bits per heavy atom. The molecule has 0 unspecified atom stereocenters. The maximum atomic E-state index is 13.0. The fourth-order valence-electron chi connectivity index (χ4n) is 3.27. The fraction of sp³-hybridized carbons (Fsp3) is 0.350. The summed E-state index contributed by atoms with van der Waals surface area (Å²) >= 11 is 7.42. The van der Waals surface area contributed by atoms with Crippen LogP contribution >= 0.6 is 22.9 Å². The average molecular weight is 420 g/mol. The van der Waals surface area contributed by atoms with Gasteiger partial charge in [0.2, 0.25) is 11.8 Å². The first-order valence-corrected chi connectivity index (χ1v) is 10.4. The van der Waals surface area contributed by atoms with E-state index in [1.165, 1.54) is 16.2 Å². The Morgan fingerprint density at radius 3 is 2.71 bits per heavy atom. The Balaban J connectivity index is 1.64. The first-order chi connectivity index (χ1) is 13.5. The molecule has 0 aliphatic carbocycles. The summed E-state index contributed by atoms with van der Waals surface area (Å²) in [6.45, 7) is 0.439. The van der Waals surface area contributed by atoms with Gasteiger partial charge in [-0.2, -0.15) is 0 Å². The monoisotopic (exact) mass is 419 g/mol. The van der Waals surface area contributed by atoms with Crippen LogP contribution in [0.15, 0.2) is 41.8 Å². The highest BCUT2D eigenvalue weighted by Gasteiger charge is 2.35. The zero-order chi connectivity index (χ0) is 20.1. The number of nitrogens with zero attached hydrogens (tertiary/aromatic N) is 2. The van der Waals surface area contributed by atoms with Crippen molar-refractivity contribution in [2.24, 2.45) is 0 Å². The number of piperidine rings is 1. The van der Waals surface area contributed by atoms with Crippen LogP contribution in [-0.4, -0.2) is 53.7 Å². The number of rotatable bonds is 5. The summed E-state index contributed by atoms with van der Waals surface area (Å²) in [5, 5.41) is 4.99. The highest BCUT2D eigenvalue weighted by molar-refractivity contribution is 7.12. The molecular formula is C20H22ClN3O3S. The van der Waals surface area contributed by atoms with Gasteiger partial charge in [-0.15, -0.1) is 11.3 Å². The highest BCUT2D eigenvalue weighted by Crippen LogP contribution is 2.23. The second-order valence-corrected chi connectivity index (χ2v) is 8.06. The van der Waals surface area contributed by atoms with Gasteiger partial charge in [0.15, 0.2) is 0 Å². The van der Waals surface area contributed by atoms with E-state index in [2.05, 4.69) is 5.32 Å². The van der Waals surface area contributed by atoms with Gasteiger partial charge in [0.25, 0.3) is 5.91 Å². The predicted molar refractivity (Wildman–Crippen MR) is 111 cm³/mol. The van der Waals surface area contributed by atoms with Gasteiger partial charge in [-0.1, -0.05) is 29.8 Å². The third-order valence-corrected chi connectivity index (χ3v) is 5.87. The van der Waals surface area contributed by atoms with Gasteiger partial charge in [-0.3, -0.25) is 14.4 Å². The Kier molecular flexibility index (Phi) is 6.70. The molecule has 28 heavy (non-hydrogen) atoms. The SMILES string of the molecule is CN(CC(=O)Nc1ccccc1Cl)C(=O)[C@H]1CCCCN1C(=O)c1cccs1. The quantitative estimate of drug-likeness (QED) is 0.806. The van der Waals surface area contributed by atoms with Crippen molar-refractivity contribution in [2.75, 3.05) is 25.5 Å². The molecule has 1 N–H and O–H groups in total. The number of likely N-dealkylation sites (N-methyl/N-ethyl adjacent to an activating group) is 1. The number of halogens is 1. The van der Waals surface area contributed by atoms with E-state index in [9.17, 15) is 14.4 Å². The number of benzene rings is 1. The topological polar surface area (TPSA) is 69.7 Å². The van der Waals surface area contributed by atoms with E-state index in [4.69, 9.17) is 11.6 Å². The standard InChI is InChI=1S/C20H22ClN3O3S/c1-23(13-18(25)22-15-8-3-2-7-14(15)21)19(26)16-9-4-5-11-24(16)20(27)17-10-6-12-28-17/h2-3,6-8,10,12,16H,4-5,9,11,13H2,1H3,(H,22,25)/t16-/m1/s1. The van der Waals surface area contributed by atoms with Crippen molar-refractivity contribution in [2.45, 2.75) is 25.3 Å². The molecule has 148 valence electrons. The van der Waals surface area contributed by atoms with Gasteiger partial charge in [0.05, 0.1) is 22.1 Å². The Hall–Kier alpha value is -2.38. The van der Waals surface area contributed by atoms with Crippen LogP contribution in [0.25, 0.3) is 0 Å². The molecule has 1 aliphatic heterocycles. The van der Waals surface area contributed by atoms with Crippen molar-refractivity contribution < 1.29 is 14.4 Å². The normalized spacial score (nSPS) is 16.5. The minimum Gasteiger partial charge on any atom is -0.335 e. The zero-order valence-electron chi connectivity index (χ0n) is 15.6. The smallest absolute Gasteiger partial charge is 0.264 e. The lowest BCUT2D eigenvalue weighted by Crippen LogP contribution is -2.53. The summed E-state index contributed by atoms with van der Waals surface area (Å²) in [6, 6.07) is 9.98. The summed E-state index contributed by atoms with van der Waals surface area (Å²) < 4.78 is 0. The molecule has 1 atom stereocenters. The Morgan fingerprint density at radius 1 is 1.21 bits per heavy atom. The van der Waals surface area contributed by atoms with Crippen molar-refractivity contribution in [3.05, 3.63) is 51.7 Å². The first-order valence-electron chi connectivity index (χ1n) is 9.11. The van der Waals surface area contributed by atoms with Crippen LogP contribution in [-0.2, 0) is 9.59 Å². The number of carbonyl (C=O) groups excluding carboxylic acids is 3. The lowest BCUT2D eigenvalue weighted by Gasteiger charge is -2.36. The fourth-order valence-corrected chi connectivity index (χ4v) is 4.14. The first kappa shape index (κ1) is 20.4. The third-order valence-electron chi connectivity index (χ3n) is 4.69. The maximum Gasteiger partial charge on any atom is 0.264 e. The van der Waals surface area contributed by atoms with Crippen LogP contribution in [0.2, 0.25) is 5.02 Å². The van der Waals surface area contributed by atoms with E-state index in [0.717, 1.165) is 12.8 Å². The van der Waals surface area contributed by atoms with E-state index in [0.29, 0.717) is 28.6 Å². The van der Waals surface area contributed by atoms with E-state index in [-0.39, 0.29) is 24.3 Å². The average Bonchev–Trinajstić information content (AvgIpc) is 3.23. The minimum atomic E-state index is -0.540. The lowest BCUT2D eigenvalue weighted by molar-refractivity contribution is -0.138. The van der Waals surface area contributed by atoms with Gasteiger partial charge in [0, 0.05) is 13.6 Å². The highest BCUT2D eigenvalue weighted by atomic mass is 35.5. The van der Waals surface area contributed by atoms with Crippen molar-refractivity contribution in [1.82, 2.24) is 9.80 Å². The summed E-state index contributed by atoms with van der Waals surface area (Å²) in [7, 11) is 1.58. The van der Waals surface area contributed by atoms with Crippen molar-refractivity contribution >= 4 is 46.3 Å². The number of para-hydroxylation sites is 1. The summed E-state index contributed by atoms with van der Waals surface area (Å²) in [4.78, 5) is 41.7. The van der Waals surface area contributed by atoms with Crippen LogP contribution in [0, 0.1) is 0 Å². The largest absolute Gasteiger partial charge is 0.335 e. The second kappa shape index (κ2) is 9.21. The minimum absolute atomic E-state index is 0.110. The molecule has 2 aromatic rings. The number of hydrogen-bond acceptors (Lipinski definition) is 4. The van der Waals surface area contributed by atoms with Gasteiger partial charge in [-0.05, 0) is 42.8 Å². The molecule has 0 bridgehead atoms. The van der Waals surface area contributed by atoms with E-state index >= 15 is 0 Å². The summed E-state index contributed by atoms with van der Waals surface area (Å²) in [5.74, 6) is -0.684. The molecule has 0 spiro atoms. The molecular weight excluding hydrogens is 398 g/mol. The zero-order valence-corrected chi connectivity index (χ0v) is 17.1. The number of thiophene rings is 1. The van der Waals surface area contributed by atoms with Crippen LogP contribution in [0.1, 0.15) is 28.9 Å². The van der Waals surface area contributed by atoms with Crippen LogP contribution in [0.4, 0.5) is 5.69 Å². The molecule has 1 aliphatic rings. The number of nitrogens with one attached hydrogen (secondary N) is 1. The molecule has 0 saturated carbocycles. The van der Waals surface area contributed by atoms with Crippen molar-refractivity contribution in [3.8, 4) is 0 Å². The molecule has 2 heterocycles. The molecule has 3 rings (SSSR count). The van der Waals surface area contributed by atoms with Crippen LogP contribution in [0.3, 0.4) is 0 Å². The molecule has 1 aromatic carbocycles. The Labute approximate surface area is 173 Å². The van der Waals surface area contributed by atoms with Gasteiger partial charge < -0.3 is 15.1 Å². The maximum absolute atomic E-state index is 13.0. The van der Waals surface area contributed by atoms with Crippen molar-refractivity contribution in [3.63, 3.8) is 0 Å². The van der Waals surface area contributed by atoms with Gasteiger partial charge in [0.1, 0.15) is 6.04 Å². The number of carbonyl (C=O) groups is 3. The van der Waals surface area contributed by atoms with Crippen LogP contribution in [0.5, 0.6) is 0 Å². The third kappa shape index (κ3) is 4.72. The number of amides is 3. The molecule has 8 heteroatoms. The molecule has 1 fully saturated rings. The molecule has 0 radical (unpaired) electrons. The van der Waals surface area contributed by atoms with E-state index in [1.54, 1.807) is 42.3 Å². The molecule has 6 nitrogen and oxygen atoms in total. The number of likely N-dealkylation sites (tertiary alicyclic amines) is 1. The van der Waals surface area contributed by atoms with Gasteiger partial charge in [-0.25, -0.2) is 0 Å². The van der Waals surface area contributed by atoms with E-state index < -0.39 is 6.04 Å². The predicted octanol–water partition coefficient (Wildman–Crippen LogP) is 3.49. The Bertz CT molecular complexity index is 856. The molecule has 1 saturated heterocycles. The molecule has 3 amide bonds. The van der Waals surface area contributed by atoms with E-state index in [1.807, 2.05) is 11.4 Å².